The van der Waals surface area contributed by atoms with Crippen LogP contribution in [0.15, 0.2) is 12.1 Å². The lowest BCUT2D eigenvalue weighted by molar-refractivity contribution is -0.385. The highest BCUT2D eigenvalue weighted by atomic mass is 19.4. The molecular formula is C7H4F4N2O2. The van der Waals surface area contributed by atoms with Crippen LogP contribution in [0.1, 0.15) is 5.56 Å². The summed E-state index contributed by atoms with van der Waals surface area (Å²) in [5.74, 6) is -1.46. The van der Waals surface area contributed by atoms with E-state index in [9.17, 15) is 27.7 Å². The smallest absolute Gasteiger partial charge is 0.396 e. The fourth-order valence-electron chi connectivity index (χ4n) is 0.943. The first-order valence-corrected chi connectivity index (χ1v) is 3.54. The molecule has 0 unspecified atom stereocenters. The van der Waals surface area contributed by atoms with Crippen LogP contribution in [-0.4, -0.2) is 4.92 Å². The van der Waals surface area contributed by atoms with Crippen molar-refractivity contribution in [3.63, 3.8) is 0 Å². The van der Waals surface area contributed by atoms with E-state index in [2.05, 4.69) is 0 Å². The van der Waals surface area contributed by atoms with Gasteiger partial charge in [0.1, 0.15) is 0 Å². The van der Waals surface area contributed by atoms with Gasteiger partial charge in [-0.1, -0.05) is 0 Å². The SMILES string of the molecule is Nc1c(F)cc([N+](=O)[O-])cc1C(F)(F)F. The second-order valence-corrected chi connectivity index (χ2v) is 2.64. The zero-order valence-corrected chi connectivity index (χ0v) is 7.01. The van der Waals surface area contributed by atoms with Crippen LogP contribution in [0.3, 0.4) is 0 Å². The molecule has 0 aliphatic rings. The summed E-state index contributed by atoms with van der Waals surface area (Å²) in [6, 6.07) is 0.531. The average Bonchev–Trinajstić information content (AvgIpc) is 2.06. The van der Waals surface area contributed by atoms with Gasteiger partial charge in [-0.05, 0) is 0 Å². The third kappa shape index (κ3) is 2.14. The van der Waals surface area contributed by atoms with Crippen molar-refractivity contribution < 1.29 is 22.5 Å². The Hall–Kier alpha value is -1.86. The van der Waals surface area contributed by atoms with Crippen molar-refractivity contribution in [3.05, 3.63) is 33.6 Å². The molecule has 1 aromatic rings. The van der Waals surface area contributed by atoms with Crippen molar-refractivity contribution in [1.29, 1.82) is 0 Å². The number of anilines is 1. The Morgan fingerprint density at radius 2 is 1.87 bits per heavy atom. The minimum absolute atomic E-state index is 0.193. The van der Waals surface area contributed by atoms with Gasteiger partial charge in [0.25, 0.3) is 5.69 Å². The summed E-state index contributed by atoms with van der Waals surface area (Å²) in [5, 5.41) is 10.2. The van der Waals surface area contributed by atoms with Gasteiger partial charge in [-0.2, -0.15) is 13.2 Å². The standard InChI is InChI=1S/C7H4F4N2O2/c8-5-2-3(13(14)15)1-4(6(5)12)7(9,10)11/h1-2H,12H2. The number of alkyl halides is 3. The first kappa shape index (κ1) is 11.2. The van der Waals surface area contributed by atoms with E-state index in [-0.39, 0.29) is 6.07 Å². The molecule has 0 radical (unpaired) electrons. The average molecular weight is 224 g/mol. The van der Waals surface area contributed by atoms with Crippen molar-refractivity contribution in [2.24, 2.45) is 0 Å². The van der Waals surface area contributed by atoms with E-state index in [1.165, 1.54) is 0 Å². The molecular weight excluding hydrogens is 220 g/mol. The number of non-ortho nitro benzene ring substituents is 1. The third-order valence-corrected chi connectivity index (χ3v) is 1.63. The Kier molecular flexibility index (Phi) is 2.52. The third-order valence-electron chi connectivity index (χ3n) is 1.63. The lowest BCUT2D eigenvalue weighted by Crippen LogP contribution is -2.11. The van der Waals surface area contributed by atoms with E-state index in [0.29, 0.717) is 6.07 Å². The van der Waals surface area contributed by atoms with Gasteiger partial charge < -0.3 is 5.73 Å². The molecule has 0 saturated carbocycles. The molecule has 0 atom stereocenters. The molecule has 4 nitrogen and oxygen atoms in total. The molecule has 82 valence electrons. The summed E-state index contributed by atoms with van der Waals surface area (Å²) in [7, 11) is 0. The molecule has 0 amide bonds. The number of benzene rings is 1. The quantitative estimate of drug-likeness (QED) is 0.344. The highest BCUT2D eigenvalue weighted by Gasteiger charge is 2.36. The molecule has 15 heavy (non-hydrogen) atoms. The Bertz CT molecular complexity index is 416. The molecule has 1 aromatic carbocycles. The first-order chi connectivity index (χ1) is 6.73. The molecule has 0 saturated heterocycles. The maximum absolute atomic E-state index is 12.8. The van der Waals surface area contributed by atoms with E-state index in [1.807, 2.05) is 0 Å². The van der Waals surface area contributed by atoms with E-state index in [4.69, 9.17) is 5.73 Å². The summed E-state index contributed by atoms with van der Waals surface area (Å²) < 4.78 is 49.4. The van der Waals surface area contributed by atoms with Gasteiger partial charge in [0.15, 0.2) is 5.82 Å². The zero-order chi connectivity index (χ0) is 11.8. The molecule has 0 bridgehead atoms. The van der Waals surface area contributed by atoms with Crippen LogP contribution in [0.2, 0.25) is 0 Å². The number of nitro benzene ring substituents is 1. The number of rotatable bonds is 1. The van der Waals surface area contributed by atoms with Crippen molar-refractivity contribution in [3.8, 4) is 0 Å². The fraction of sp³-hybridized carbons (Fsp3) is 0.143. The second-order valence-electron chi connectivity index (χ2n) is 2.64. The topological polar surface area (TPSA) is 69.2 Å². The molecule has 0 aromatic heterocycles. The van der Waals surface area contributed by atoms with Gasteiger partial charge in [-0.25, -0.2) is 4.39 Å². The van der Waals surface area contributed by atoms with Gasteiger partial charge in [-0.15, -0.1) is 0 Å². The molecule has 0 heterocycles. The second kappa shape index (κ2) is 3.37. The molecule has 1 rings (SSSR count). The fourth-order valence-corrected chi connectivity index (χ4v) is 0.943. The van der Waals surface area contributed by atoms with Crippen LogP contribution in [0, 0.1) is 15.9 Å². The Balaban J connectivity index is 3.45. The summed E-state index contributed by atoms with van der Waals surface area (Å²) in [5.41, 5.74) is 1.14. The highest BCUT2D eigenvalue weighted by Crippen LogP contribution is 2.37. The van der Waals surface area contributed by atoms with Crippen LogP contribution < -0.4 is 5.73 Å². The summed E-state index contributed by atoms with van der Waals surface area (Å²) in [6.07, 6.45) is -4.92. The molecule has 2 N–H and O–H groups in total. The van der Waals surface area contributed by atoms with Crippen molar-refractivity contribution in [2.75, 3.05) is 5.73 Å². The van der Waals surface area contributed by atoms with E-state index in [1.54, 1.807) is 0 Å². The van der Waals surface area contributed by atoms with Crippen molar-refractivity contribution in [2.45, 2.75) is 6.18 Å². The number of nitrogens with two attached hydrogens (primary N) is 1. The largest absolute Gasteiger partial charge is 0.418 e. The normalized spacial score (nSPS) is 11.5. The van der Waals surface area contributed by atoms with Gasteiger partial charge in [0.2, 0.25) is 0 Å². The Labute approximate surface area is 80.5 Å². The number of hydrogen-bond acceptors (Lipinski definition) is 3. The molecule has 8 heteroatoms. The van der Waals surface area contributed by atoms with E-state index >= 15 is 0 Å². The van der Waals surface area contributed by atoms with Gasteiger partial charge in [0.05, 0.1) is 22.2 Å². The Morgan fingerprint density at radius 3 is 2.27 bits per heavy atom. The Morgan fingerprint density at radius 1 is 1.33 bits per heavy atom. The van der Waals surface area contributed by atoms with Crippen LogP contribution in [0.4, 0.5) is 28.9 Å². The van der Waals surface area contributed by atoms with E-state index < -0.39 is 33.9 Å². The van der Waals surface area contributed by atoms with Crippen molar-refractivity contribution >= 4 is 11.4 Å². The highest BCUT2D eigenvalue weighted by molar-refractivity contribution is 5.55. The van der Waals surface area contributed by atoms with Gasteiger partial charge in [-0.3, -0.25) is 10.1 Å². The lowest BCUT2D eigenvalue weighted by Gasteiger charge is -2.09. The number of nitrogens with zero attached hydrogens (tertiary/aromatic N) is 1. The lowest BCUT2D eigenvalue weighted by atomic mass is 10.1. The monoisotopic (exact) mass is 224 g/mol. The van der Waals surface area contributed by atoms with E-state index in [0.717, 1.165) is 0 Å². The molecule has 0 aliphatic carbocycles. The number of hydrogen-bond donors (Lipinski definition) is 1. The summed E-state index contributed by atoms with van der Waals surface area (Å²) in [4.78, 5) is 9.05. The maximum Gasteiger partial charge on any atom is 0.418 e. The number of halogens is 4. The summed E-state index contributed by atoms with van der Waals surface area (Å²) in [6.45, 7) is 0. The van der Waals surface area contributed by atoms with Gasteiger partial charge >= 0.3 is 6.18 Å². The first-order valence-electron chi connectivity index (χ1n) is 3.54. The molecule has 0 fully saturated rings. The van der Waals surface area contributed by atoms with Crippen LogP contribution in [0.5, 0.6) is 0 Å². The predicted molar refractivity (Wildman–Crippen MR) is 42.5 cm³/mol. The van der Waals surface area contributed by atoms with Crippen molar-refractivity contribution in [1.82, 2.24) is 0 Å². The molecule has 0 spiro atoms. The van der Waals surface area contributed by atoms with Gasteiger partial charge in [0, 0.05) is 6.07 Å². The van der Waals surface area contributed by atoms with Crippen LogP contribution in [-0.2, 0) is 6.18 Å². The number of nitrogen functional groups attached to an aromatic ring is 1. The summed E-state index contributed by atoms with van der Waals surface area (Å²) >= 11 is 0. The molecule has 0 aliphatic heterocycles. The minimum atomic E-state index is -4.92. The predicted octanol–water partition coefficient (Wildman–Crippen LogP) is 2.33. The van der Waals surface area contributed by atoms with Crippen LogP contribution in [0.25, 0.3) is 0 Å². The number of nitro groups is 1. The van der Waals surface area contributed by atoms with Crippen LogP contribution >= 0.6 is 0 Å². The maximum atomic E-state index is 12.8. The minimum Gasteiger partial charge on any atom is -0.396 e. The zero-order valence-electron chi connectivity index (χ0n) is 7.01.